The maximum Gasteiger partial charge on any atom is 0.257 e. The fraction of sp³-hybridized carbons (Fsp3) is 0.100. The summed E-state index contributed by atoms with van der Waals surface area (Å²) in [5, 5.41) is 3.51. The molecular weight excluding hydrogens is 390 g/mol. The van der Waals surface area contributed by atoms with Crippen LogP contribution >= 0.6 is 23.2 Å². The standard InChI is InChI=1S/C20H15Cl2FN2O2/c1-12-15(21)4-3-7-18(12)24-20(27)13-8-9-19(26)25(10-13)11-14-16(22)5-2-6-17(14)23/h2-10H,11H2,1H3,(H,24,27). The predicted octanol–water partition coefficient (Wildman–Crippen LogP) is 4.90. The minimum Gasteiger partial charge on any atom is -0.322 e. The first-order chi connectivity index (χ1) is 12.9. The van der Waals surface area contributed by atoms with Gasteiger partial charge in [0.15, 0.2) is 0 Å². The fourth-order valence-corrected chi connectivity index (χ4v) is 2.98. The Morgan fingerprint density at radius 1 is 1.07 bits per heavy atom. The summed E-state index contributed by atoms with van der Waals surface area (Å²) in [6, 6.07) is 12.2. The lowest BCUT2D eigenvalue weighted by molar-refractivity contribution is 0.102. The highest BCUT2D eigenvalue weighted by atomic mass is 35.5. The van der Waals surface area contributed by atoms with Gasteiger partial charge in [-0.2, -0.15) is 0 Å². The summed E-state index contributed by atoms with van der Waals surface area (Å²) >= 11 is 12.1. The van der Waals surface area contributed by atoms with Gasteiger partial charge in [0, 0.05) is 33.6 Å². The van der Waals surface area contributed by atoms with Gasteiger partial charge >= 0.3 is 0 Å². The monoisotopic (exact) mass is 404 g/mol. The molecule has 27 heavy (non-hydrogen) atoms. The third kappa shape index (κ3) is 4.21. The number of nitrogens with zero attached hydrogens (tertiary/aromatic N) is 1. The number of benzene rings is 2. The summed E-state index contributed by atoms with van der Waals surface area (Å²) in [7, 11) is 0. The van der Waals surface area contributed by atoms with E-state index in [1.807, 2.05) is 0 Å². The van der Waals surface area contributed by atoms with Crippen LogP contribution in [-0.4, -0.2) is 10.5 Å². The molecule has 1 amide bonds. The van der Waals surface area contributed by atoms with Crippen molar-refractivity contribution < 1.29 is 9.18 Å². The quantitative estimate of drug-likeness (QED) is 0.671. The van der Waals surface area contributed by atoms with Gasteiger partial charge < -0.3 is 9.88 Å². The number of hydrogen-bond donors (Lipinski definition) is 1. The van der Waals surface area contributed by atoms with Crippen LogP contribution in [0.2, 0.25) is 10.0 Å². The predicted molar refractivity (Wildman–Crippen MR) is 105 cm³/mol. The largest absolute Gasteiger partial charge is 0.322 e. The van der Waals surface area contributed by atoms with Crippen LogP contribution in [0.15, 0.2) is 59.5 Å². The molecule has 0 unspecified atom stereocenters. The van der Waals surface area contributed by atoms with Crippen LogP contribution in [0, 0.1) is 12.7 Å². The zero-order valence-corrected chi connectivity index (χ0v) is 15.8. The number of carbonyl (C=O) groups excluding carboxylic acids is 1. The first-order valence-electron chi connectivity index (χ1n) is 8.06. The van der Waals surface area contributed by atoms with E-state index in [1.54, 1.807) is 31.2 Å². The molecule has 2 aromatic carbocycles. The molecule has 1 aromatic heterocycles. The van der Waals surface area contributed by atoms with E-state index in [1.165, 1.54) is 35.0 Å². The summed E-state index contributed by atoms with van der Waals surface area (Å²) < 4.78 is 15.2. The van der Waals surface area contributed by atoms with Gasteiger partial charge in [0.25, 0.3) is 11.5 Å². The SMILES string of the molecule is Cc1c(Cl)cccc1NC(=O)c1ccc(=O)n(Cc2c(F)cccc2Cl)c1. The van der Waals surface area contributed by atoms with Gasteiger partial charge in [-0.15, -0.1) is 0 Å². The number of carbonyl (C=O) groups is 1. The highest BCUT2D eigenvalue weighted by molar-refractivity contribution is 6.32. The van der Waals surface area contributed by atoms with E-state index in [4.69, 9.17) is 23.2 Å². The lowest BCUT2D eigenvalue weighted by Gasteiger charge is -2.12. The summed E-state index contributed by atoms with van der Waals surface area (Å²) in [5.41, 5.74) is 1.37. The Kier molecular flexibility index (Phi) is 5.63. The van der Waals surface area contributed by atoms with Gasteiger partial charge in [-0.1, -0.05) is 35.3 Å². The lowest BCUT2D eigenvalue weighted by atomic mass is 10.1. The van der Waals surface area contributed by atoms with Gasteiger partial charge in [0.2, 0.25) is 0 Å². The van der Waals surface area contributed by atoms with E-state index < -0.39 is 11.7 Å². The molecule has 1 heterocycles. The summed E-state index contributed by atoms with van der Waals surface area (Å²) in [6.45, 7) is 1.71. The van der Waals surface area contributed by atoms with E-state index in [9.17, 15) is 14.0 Å². The maximum absolute atomic E-state index is 14.0. The Morgan fingerprint density at radius 2 is 1.78 bits per heavy atom. The number of rotatable bonds is 4. The van der Waals surface area contributed by atoms with Crippen LogP contribution in [-0.2, 0) is 6.54 Å². The number of pyridine rings is 1. The smallest absolute Gasteiger partial charge is 0.257 e. The number of nitrogens with one attached hydrogen (secondary N) is 1. The Morgan fingerprint density at radius 3 is 2.52 bits per heavy atom. The van der Waals surface area contributed by atoms with Gasteiger partial charge in [-0.25, -0.2) is 4.39 Å². The zero-order chi connectivity index (χ0) is 19.6. The molecular formula is C20H15Cl2FN2O2. The minimum atomic E-state index is -0.515. The zero-order valence-electron chi connectivity index (χ0n) is 14.3. The van der Waals surface area contributed by atoms with Crippen LogP contribution < -0.4 is 10.9 Å². The van der Waals surface area contributed by atoms with Gasteiger partial charge in [-0.3, -0.25) is 9.59 Å². The van der Waals surface area contributed by atoms with Gasteiger partial charge in [0.05, 0.1) is 12.1 Å². The molecule has 0 atom stereocenters. The van der Waals surface area contributed by atoms with E-state index in [2.05, 4.69) is 5.32 Å². The van der Waals surface area contributed by atoms with Crippen LogP contribution in [0.3, 0.4) is 0 Å². The molecule has 3 aromatic rings. The molecule has 0 aliphatic carbocycles. The molecule has 0 bridgehead atoms. The molecule has 0 fully saturated rings. The Hall–Kier alpha value is -2.63. The van der Waals surface area contributed by atoms with Gasteiger partial charge in [-0.05, 0) is 42.8 Å². The second-order valence-corrected chi connectivity index (χ2v) is 6.77. The third-order valence-corrected chi connectivity index (χ3v) is 4.92. The van der Waals surface area contributed by atoms with Crippen LogP contribution in [0.4, 0.5) is 10.1 Å². The third-order valence-electron chi connectivity index (χ3n) is 4.15. The second-order valence-electron chi connectivity index (χ2n) is 5.95. The van der Waals surface area contributed by atoms with E-state index >= 15 is 0 Å². The van der Waals surface area contributed by atoms with Crippen molar-refractivity contribution in [3.05, 3.63) is 97.6 Å². The van der Waals surface area contributed by atoms with Crippen molar-refractivity contribution in [1.82, 2.24) is 4.57 Å². The van der Waals surface area contributed by atoms with Crippen LogP contribution in [0.5, 0.6) is 0 Å². The Bertz CT molecular complexity index is 1060. The topological polar surface area (TPSA) is 51.1 Å². The maximum atomic E-state index is 14.0. The van der Waals surface area contributed by atoms with Crippen molar-refractivity contribution in [2.24, 2.45) is 0 Å². The second kappa shape index (κ2) is 7.94. The first kappa shape index (κ1) is 19.1. The van der Waals surface area contributed by atoms with Crippen molar-refractivity contribution in [3.8, 4) is 0 Å². The van der Waals surface area contributed by atoms with Crippen molar-refractivity contribution >= 4 is 34.8 Å². The minimum absolute atomic E-state index is 0.0817. The molecule has 4 nitrogen and oxygen atoms in total. The molecule has 138 valence electrons. The fourth-order valence-electron chi connectivity index (χ4n) is 2.58. The number of hydrogen-bond acceptors (Lipinski definition) is 2. The normalized spacial score (nSPS) is 10.7. The molecule has 1 N–H and O–H groups in total. The van der Waals surface area contributed by atoms with E-state index in [-0.39, 0.29) is 28.3 Å². The highest BCUT2D eigenvalue weighted by Crippen LogP contribution is 2.23. The van der Waals surface area contributed by atoms with E-state index in [0.717, 1.165) is 5.56 Å². The summed E-state index contributed by atoms with van der Waals surface area (Å²) in [6.07, 6.45) is 1.38. The molecule has 0 aliphatic rings. The summed E-state index contributed by atoms with van der Waals surface area (Å²) in [5.74, 6) is -0.924. The molecule has 0 spiro atoms. The van der Waals surface area contributed by atoms with Crippen molar-refractivity contribution in [2.75, 3.05) is 5.32 Å². The molecule has 0 aliphatic heterocycles. The highest BCUT2D eigenvalue weighted by Gasteiger charge is 2.13. The Labute approximate surface area is 165 Å². The van der Waals surface area contributed by atoms with E-state index in [0.29, 0.717) is 10.7 Å². The average molecular weight is 405 g/mol. The van der Waals surface area contributed by atoms with Crippen molar-refractivity contribution in [1.29, 1.82) is 0 Å². The van der Waals surface area contributed by atoms with Crippen LogP contribution in [0.1, 0.15) is 21.5 Å². The number of amides is 1. The summed E-state index contributed by atoms with van der Waals surface area (Å²) in [4.78, 5) is 24.7. The van der Waals surface area contributed by atoms with Crippen LogP contribution in [0.25, 0.3) is 0 Å². The van der Waals surface area contributed by atoms with Crippen molar-refractivity contribution in [3.63, 3.8) is 0 Å². The number of anilines is 1. The average Bonchev–Trinajstić information content (AvgIpc) is 2.63. The molecule has 0 radical (unpaired) electrons. The Balaban J connectivity index is 1.90. The number of aromatic nitrogens is 1. The number of halogens is 3. The lowest BCUT2D eigenvalue weighted by Crippen LogP contribution is -2.23. The molecule has 7 heteroatoms. The molecule has 3 rings (SSSR count). The van der Waals surface area contributed by atoms with Crippen molar-refractivity contribution in [2.45, 2.75) is 13.5 Å². The van der Waals surface area contributed by atoms with Gasteiger partial charge in [0.1, 0.15) is 5.82 Å². The molecule has 0 saturated carbocycles. The molecule has 0 saturated heterocycles. The first-order valence-corrected chi connectivity index (χ1v) is 8.82.